The first-order valence-electron chi connectivity index (χ1n) is 7.71. The Labute approximate surface area is 121 Å². The molecular formula is C15H27N5. The minimum atomic E-state index is 0.505. The van der Waals surface area contributed by atoms with E-state index < -0.39 is 0 Å². The maximum Gasteiger partial charge on any atom is 0.148 e. The highest BCUT2D eigenvalue weighted by atomic mass is 15.3. The van der Waals surface area contributed by atoms with Gasteiger partial charge in [-0.05, 0) is 37.5 Å². The van der Waals surface area contributed by atoms with Crippen LogP contribution in [0.4, 0.5) is 11.6 Å². The van der Waals surface area contributed by atoms with E-state index in [-0.39, 0.29) is 0 Å². The minimum Gasteiger partial charge on any atom is -0.367 e. The van der Waals surface area contributed by atoms with E-state index in [4.69, 9.17) is 5.84 Å². The van der Waals surface area contributed by atoms with Gasteiger partial charge in [-0.25, -0.2) is 15.8 Å². The Hall–Kier alpha value is -1.36. The van der Waals surface area contributed by atoms with Crippen molar-refractivity contribution in [2.75, 3.05) is 10.7 Å². The molecule has 0 saturated heterocycles. The highest BCUT2D eigenvalue weighted by Crippen LogP contribution is 2.31. The van der Waals surface area contributed by atoms with E-state index in [1.807, 2.05) is 0 Å². The molecule has 0 amide bonds. The molecule has 5 heteroatoms. The molecule has 1 aliphatic rings. The topological polar surface area (TPSA) is 75.9 Å². The third-order valence-corrected chi connectivity index (χ3v) is 4.10. The number of nitrogens with two attached hydrogens (primary N) is 1. The van der Waals surface area contributed by atoms with Gasteiger partial charge >= 0.3 is 0 Å². The maximum absolute atomic E-state index is 5.56. The summed E-state index contributed by atoms with van der Waals surface area (Å²) in [5, 5.41) is 3.62. The Morgan fingerprint density at radius 3 is 2.40 bits per heavy atom. The summed E-state index contributed by atoms with van der Waals surface area (Å²) >= 11 is 0. The van der Waals surface area contributed by atoms with E-state index in [9.17, 15) is 0 Å². The third kappa shape index (κ3) is 3.60. The number of aromatic nitrogens is 2. The maximum atomic E-state index is 5.56. The molecule has 4 N–H and O–H groups in total. The SMILES string of the molecule is CCCc1c(NN)ncnc1NC1CC(C)CC(C)C1. The highest BCUT2D eigenvalue weighted by molar-refractivity contribution is 5.57. The van der Waals surface area contributed by atoms with Crippen LogP contribution in [0.3, 0.4) is 0 Å². The molecule has 5 nitrogen and oxygen atoms in total. The van der Waals surface area contributed by atoms with E-state index in [1.54, 1.807) is 6.33 Å². The van der Waals surface area contributed by atoms with Gasteiger partial charge < -0.3 is 10.7 Å². The number of hydrogen-bond acceptors (Lipinski definition) is 5. The quantitative estimate of drug-likeness (QED) is 0.570. The van der Waals surface area contributed by atoms with Gasteiger partial charge in [0.1, 0.15) is 18.0 Å². The third-order valence-electron chi connectivity index (χ3n) is 4.10. The molecule has 1 fully saturated rings. The van der Waals surface area contributed by atoms with Crippen LogP contribution in [0.2, 0.25) is 0 Å². The van der Waals surface area contributed by atoms with Crippen molar-refractivity contribution in [3.8, 4) is 0 Å². The molecule has 2 atom stereocenters. The summed E-state index contributed by atoms with van der Waals surface area (Å²) in [5.74, 6) is 8.80. The largest absolute Gasteiger partial charge is 0.367 e. The van der Waals surface area contributed by atoms with Gasteiger partial charge in [-0.15, -0.1) is 0 Å². The first-order chi connectivity index (χ1) is 9.63. The van der Waals surface area contributed by atoms with Crippen molar-refractivity contribution in [1.82, 2.24) is 9.97 Å². The highest BCUT2D eigenvalue weighted by Gasteiger charge is 2.25. The lowest BCUT2D eigenvalue weighted by Gasteiger charge is -2.32. The second kappa shape index (κ2) is 6.88. The number of hydrogen-bond donors (Lipinski definition) is 3. The smallest absolute Gasteiger partial charge is 0.148 e. The molecule has 0 aromatic carbocycles. The molecule has 0 bridgehead atoms. The van der Waals surface area contributed by atoms with Crippen LogP contribution in [-0.2, 0) is 6.42 Å². The lowest BCUT2D eigenvalue weighted by molar-refractivity contribution is 0.280. The average Bonchev–Trinajstić information content (AvgIpc) is 2.39. The lowest BCUT2D eigenvalue weighted by Crippen LogP contribution is -2.31. The Morgan fingerprint density at radius 1 is 1.15 bits per heavy atom. The molecule has 1 aromatic heterocycles. The predicted molar refractivity (Wildman–Crippen MR) is 83.4 cm³/mol. The van der Waals surface area contributed by atoms with E-state index in [1.165, 1.54) is 19.3 Å². The number of nitrogens with zero attached hydrogens (tertiary/aromatic N) is 2. The summed E-state index contributed by atoms with van der Waals surface area (Å²) < 4.78 is 0. The first-order valence-corrected chi connectivity index (χ1v) is 7.71. The Bertz CT molecular complexity index is 424. The molecule has 0 aliphatic heterocycles. The molecule has 0 spiro atoms. The molecule has 2 rings (SSSR count). The fourth-order valence-electron chi connectivity index (χ4n) is 3.41. The molecular weight excluding hydrogens is 250 g/mol. The fourth-order valence-corrected chi connectivity index (χ4v) is 3.41. The molecule has 20 heavy (non-hydrogen) atoms. The van der Waals surface area contributed by atoms with Crippen molar-refractivity contribution >= 4 is 11.6 Å². The Kier molecular flexibility index (Phi) is 5.17. The van der Waals surface area contributed by atoms with Gasteiger partial charge in [0.05, 0.1) is 0 Å². The minimum absolute atomic E-state index is 0.505. The zero-order chi connectivity index (χ0) is 14.5. The number of hydrazine groups is 1. The summed E-state index contributed by atoms with van der Waals surface area (Å²) in [6, 6.07) is 0.505. The van der Waals surface area contributed by atoms with Crippen LogP contribution in [0.5, 0.6) is 0 Å². The number of rotatable bonds is 5. The van der Waals surface area contributed by atoms with Crippen LogP contribution >= 0.6 is 0 Å². The van der Waals surface area contributed by atoms with Gasteiger partial charge in [-0.2, -0.15) is 0 Å². The normalized spacial score (nSPS) is 26.3. The van der Waals surface area contributed by atoms with E-state index in [2.05, 4.69) is 41.5 Å². The van der Waals surface area contributed by atoms with Crippen LogP contribution in [0.15, 0.2) is 6.33 Å². The van der Waals surface area contributed by atoms with Crippen molar-refractivity contribution in [3.63, 3.8) is 0 Å². The van der Waals surface area contributed by atoms with Crippen molar-refractivity contribution in [1.29, 1.82) is 0 Å². The zero-order valence-electron chi connectivity index (χ0n) is 12.8. The molecule has 1 saturated carbocycles. The average molecular weight is 277 g/mol. The van der Waals surface area contributed by atoms with E-state index in [0.717, 1.165) is 41.9 Å². The number of nitrogen functional groups attached to an aromatic ring is 1. The van der Waals surface area contributed by atoms with Gasteiger partial charge in [0.15, 0.2) is 0 Å². The molecule has 1 aromatic rings. The Morgan fingerprint density at radius 2 is 1.80 bits per heavy atom. The second-order valence-electron chi connectivity index (χ2n) is 6.20. The van der Waals surface area contributed by atoms with E-state index in [0.29, 0.717) is 6.04 Å². The number of nitrogens with one attached hydrogen (secondary N) is 2. The van der Waals surface area contributed by atoms with Crippen LogP contribution in [0, 0.1) is 11.8 Å². The van der Waals surface area contributed by atoms with Gasteiger partial charge in [-0.1, -0.05) is 27.2 Å². The van der Waals surface area contributed by atoms with E-state index >= 15 is 0 Å². The standard InChI is InChI=1S/C15H27N5/c1-4-5-13-14(17-9-18-15(13)20-16)19-12-7-10(2)6-11(3)8-12/h9-12H,4-8,16H2,1-3H3,(H2,17,18,19,20). The molecule has 1 aliphatic carbocycles. The van der Waals surface area contributed by atoms with Gasteiger partial charge in [0.2, 0.25) is 0 Å². The van der Waals surface area contributed by atoms with Crippen LogP contribution in [0.1, 0.15) is 52.0 Å². The van der Waals surface area contributed by atoms with Crippen molar-refractivity contribution in [2.45, 2.75) is 58.9 Å². The lowest BCUT2D eigenvalue weighted by atomic mass is 9.80. The molecule has 112 valence electrons. The summed E-state index contributed by atoms with van der Waals surface area (Å²) in [7, 11) is 0. The van der Waals surface area contributed by atoms with Crippen LogP contribution in [-0.4, -0.2) is 16.0 Å². The summed E-state index contributed by atoms with van der Waals surface area (Å²) in [6.07, 6.45) is 7.32. The summed E-state index contributed by atoms with van der Waals surface area (Å²) in [5.41, 5.74) is 3.78. The van der Waals surface area contributed by atoms with Crippen molar-refractivity contribution < 1.29 is 0 Å². The van der Waals surface area contributed by atoms with Crippen LogP contribution < -0.4 is 16.6 Å². The van der Waals surface area contributed by atoms with Crippen molar-refractivity contribution in [3.05, 3.63) is 11.9 Å². The van der Waals surface area contributed by atoms with Crippen LogP contribution in [0.25, 0.3) is 0 Å². The fraction of sp³-hybridized carbons (Fsp3) is 0.733. The molecule has 1 heterocycles. The molecule has 0 radical (unpaired) electrons. The zero-order valence-corrected chi connectivity index (χ0v) is 12.8. The van der Waals surface area contributed by atoms with Crippen molar-refractivity contribution in [2.24, 2.45) is 17.7 Å². The number of anilines is 2. The van der Waals surface area contributed by atoms with Gasteiger partial charge in [0, 0.05) is 11.6 Å². The predicted octanol–water partition coefficient (Wildman–Crippen LogP) is 2.95. The second-order valence-corrected chi connectivity index (χ2v) is 6.20. The Balaban J connectivity index is 2.15. The monoisotopic (exact) mass is 277 g/mol. The first kappa shape index (κ1) is 15.0. The summed E-state index contributed by atoms with van der Waals surface area (Å²) in [4.78, 5) is 8.64. The summed E-state index contributed by atoms with van der Waals surface area (Å²) in [6.45, 7) is 6.83. The van der Waals surface area contributed by atoms with Gasteiger partial charge in [-0.3, -0.25) is 0 Å². The molecule has 2 unspecified atom stereocenters. The van der Waals surface area contributed by atoms with Gasteiger partial charge in [0.25, 0.3) is 0 Å².